The van der Waals surface area contributed by atoms with Gasteiger partial charge in [-0.05, 0) is 28.5 Å². The van der Waals surface area contributed by atoms with E-state index in [1.165, 1.54) is 0 Å². The molecule has 5 nitrogen and oxygen atoms in total. The maximum atomic E-state index is 12.5. The van der Waals surface area contributed by atoms with Crippen molar-refractivity contribution >= 4 is 27.7 Å². The number of pyridine rings is 1. The molecule has 1 saturated heterocycles. The first-order valence-electron chi connectivity index (χ1n) is 6.50. The van der Waals surface area contributed by atoms with Crippen LogP contribution in [0.5, 0.6) is 0 Å². The third-order valence-corrected chi connectivity index (χ3v) is 3.86. The number of hydrogen-bond donors (Lipinski definition) is 1. The van der Waals surface area contributed by atoms with Crippen LogP contribution in [0.4, 0.5) is 5.82 Å². The molecule has 19 heavy (non-hydrogen) atoms. The second kappa shape index (κ2) is 6.34. The minimum atomic E-state index is 0.0499. The lowest BCUT2D eigenvalue weighted by atomic mass is 10.2. The molecule has 0 saturated carbocycles. The fourth-order valence-electron chi connectivity index (χ4n) is 2.24. The van der Waals surface area contributed by atoms with Crippen molar-refractivity contribution in [1.29, 1.82) is 0 Å². The van der Waals surface area contributed by atoms with E-state index >= 15 is 0 Å². The van der Waals surface area contributed by atoms with Crippen LogP contribution < -0.4 is 5.32 Å². The van der Waals surface area contributed by atoms with Gasteiger partial charge in [-0.2, -0.15) is 0 Å². The van der Waals surface area contributed by atoms with E-state index in [1.54, 1.807) is 13.2 Å². The van der Waals surface area contributed by atoms with E-state index in [2.05, 4.69) is 38.1 Å². The predicted octanol–water partition coefficient (Wildman–Crippen LogP) is 1.66. The van der Waals surface area contributed by atoms with Gasteiger partial charge < -0.3 is 15.1 Å². The number of nitrogens with one attached hydrogen (secondary N) is 1. The number of anilines is 1. The second-order valence-corrected chi connectivity index (χ2v) is 5.44. The molecule has 6 heteroatoms. The van der Waals surface area contributed by atoms with Gasteiger partial charge in [-0.3, -0.25) is 4.79 Å². The Balaban J connectivity index is 2.14. The molecule has 2 rings (SSSR count). The minimum Gasteiger partial charge on any atom is -0.372 e. The molecule has 1 aliphatic heterocycles. The van der Waals surface area contributed by atoms with Crippen LogP contribution in [0, 0.1) is 0 Å². The standard InChI is InChI=1S/C13H19BrN4O/c1-3-17-4-6-18(7-5-17)13(19)11-8-10(14)9-16-12(11)15-2/h8-9H,3-7H2,1-2H3,(H,15,16). The zero-order chi connectivity index (χ0) is 13.8. The monoisotopic (exact) mass is 326 g/mol. The molecule has 1 N–H and O–H groups in total. The first-order chi connectivity index (χ1) is 9.15. The molecule has 1 amide bonds. The molecule has 104 valence electrons. The summed E-state index contributed by atoms with van der Waals surface area (Å²) in [5, 5.41) is 2.97. The minimum absolute atomic E-state index is 0.0499. The fourth-order valence-corrected chi connectivity index (χ4v) is 2.57. The van der Waals surface area contributed by atoms with Crippen molar-refractivity contribution in [2.24, 2.45) is 0 Å². The van der Waals surface area contributed by atoms with Crippen molar-refractivity contribution in [3.63, 3.8) is 0 Å². The van der Waals surface area contributed by atoms with Gasteiger partial charge in [-0.25, -0.2) is 4.98 Å². The lowest BCUT2D eigenvalue weighted by molar-refractivity contribution is 0.0644. The van der Waals surface area contributed by atoms with E-state index in [9.17, 15) is 4.79 Å². The summed E-state index contributed by atoms with van der Waals surface area (Å²) in [5.41, 5.74) is 0.627. The Bertz CT molecular complexity index is 458. The highest BCUT2D eigenvalue weighted by Crippen LogP contribution is 2.20. The van der Waals surface area contributed by atoms with Gasteiger partial charge in [0.1, 0.15) is 5.82 Å². The highest BCUT2D eigenvalue weighted by Gasteiger charge is 2.23. The van der Waals surface area contributed by atoms with Gasteiger partial charge in [0.05, 0.1) is 5.56 Å². The molecule has 1 aromatic rings. The lowest BCUT2D eigenvalue weighted by Gasteiger charge is -2.34. The molecular weight excluding hydrogens is 308 g/mol. The third-order valence-electron chi connectivity index (χ3n) is 3.43. The second-order valence-electron chi connectivity index (χ2n) is 4.53. The highest BCUT2D eigenvalue weighted by molar-refractivity contribution is 9.10. The van der Waals surface area contributed by atoms with Crippen LogP contribution in [0.3, 0.4) is 0 Å². The predicted molar refractivity (Wildman–Crippen MR) is 79.5 cm³/mol. The molecule has 2 heterocycles. The molecule has 1 aromatic heterocycles. The van der Waals surface area contributed by atoms with Crippen LogP contribution >= 0.6 is 15.9 Å². The van der Waals surface area contributed by atoms with Crippen LogP contribution in [-0.4, -0.2) is 60.5 Å². The van der Waals surface area contributed by atoms with E-state index in [0.717, 1.165) is 37.2 Å². The van der Waals surface area contributed by atoms with Crippen molar-refractivity contribution in [1.82, 2.24) is 14.8 Å². The summed E-state index contributed by atoms with van der Waals surface area (Å²) >= 11 is 3.37. The number of amides is 1. The molecule has 0 aliphatic carbocycles. The van der Waals surface area contributed by atoms with Gasteiger partial charge in [0, 0.05) is 43.9 Å². The summed E-state index contributed by atoms with van der Waals surface area (Å²) in [6.07, 6.45) is 1.69. The van der Waals surface area contributed by atoms with Crippen molar-refractivity contribution in [2.75, 3.05) is 45.1 Å². The first kappa shape index (κ1) is 14.3. The number of hydrogen-bond acceptors (Lipinski definition) is 4. The highest BCUT2D eigenvalue weighted by atomic mass is 79.9. The van der Waals surface area contributed by atoms with E-state index in [0.29, 0.717) is 11.4 Å². The molecule has 1 aliphatic rings. The smallest absolute Gasteiger partial charge is 0.257 e. The first-order valence-corrected chi connectivity index (χ1v) is 7.30. The number of carbonyl (C=O) groups is 1. The van der Waals surface area contributed by atoms with Crippen LogP contribution in [-0.2, 0) is 0 Å². The average Bonchev–Trinajstić information content (AvgIpc) is 2.46. The van der Waals surface area contributed by atoms with Gasteiger partial charge in [0.25, 0.3) is 5.91 Å². The zero-order valence-electron chi connectivity index (χ0n) is 11.3. The quantitative estimate of drug-likeness (QED) is 0.917. The van der Waals surface area contributed by atoms with Crippen LogP contribution in [0.2, 0.25) is 0 Å². The molecule has 0 unspecified atom stereocenters. The Morgan fingerprint density at radius 3 is 2.68 bits per heavy atom. The van der Waals surface area contributed by atoms with Gasteiger partial charge in [0.15, 0.2) is 0 Å². The number of halogens is 1. The van der Waals surface area contributed by atoms with Crippen molar-refractivity contribution in [3.8, 4) is 0 Å². The largest absolute Gasteiger partial charge is 0.372 e. The molecule has 0 bridgehead atoms. The Morgan fingerprint density at radius 2 is 2.11 bits per heavy atom. The number of aromatic nitrogens is 1. The fraction of sp³-hybridized carbons (Fsp3) is 0.538. The molecular formula is C13H19BrN4O. The van der Waals surface area contributed by atoms with Gasteiger partial charge in [-0.15, -0.1) is 0 Å². The van der Waals surface area contributed by atoms with E-state index < -0.39 is 0 Å². The number of carbonyl (C=O) groups excluding carboxylic acids is 1. The third kappa shape index (κ3) is 3.25. The average molecular weight is 327 g/mol. The van der Waals surface area contributed by atoms with Gasteiger partial charge in [0.2, 0.25) is 0 Å². The molecule has 1 fully saturated rings. The number of piperazine rings is 1. The summed E-state index contributed by atoms with van der Waals surface area (Å²) in [6.45, 7) is 6.64. The summed E-state index contributed by atoms with van der Waals surface area (Å²) in [4.78, 5) is 21.0. The van der Waals surface area contributed by atoms with Crippen LogP contribution in [0.1, 0.15) is 17.3 Å². The SMILES string of the molecule is CCN1CCN(C(=O)c2cc(Br)cnc2NC)CC1. The molecule has 0 atom stereocenters. The molecule has 0 spiro atoms. The van der Waals surface area contributed by atoms with E-state index in [4.69, 9.17) is 0 Å². The Kier molecular flexibility index (Phi) is 4.76. The van der Waals surface area contributed by atoms with E-state index in [-0.39, 0.29) is 5.91 Å². The van der Waals surface area contributed by atoms with Gasteiger partial charge in [-0.1, -0.05) is 6.92 Å². The maximum absolute atomic E-state index is 12.5. The topological polar surface area (TPSA) is 48.5 Å². The van der Waals surface area contributed by atoms with Crippen molar-refractivity contribution in [2.45, 2.75) is 6.92 Å². The van der Waals surface area contributed by atoms with Gasteiger partial charge >= 0.3 is 0 Å². The Hall–Kier alpha value is -1.14. The summed E-state index contributed by atoms with van der Waals surface area (Å²) in [6, 6.07) is 1.83. The Labute approximate surface area is 122 Å². The number of rotatable bonds is 3. The zero-order valence-corrected chi connectivity index (χ0v) is 12.9. The lowest BCUT2D eigenvalue weighted by Crippen LogP contribution is -2.48. The molecule has 0 aromatic carbocycles. The van der Waals surface area contributed by atoms with Crippen LogP contribution in [0.15, 0.2) is 16.7 Å². The summed E-state index contributed by atoms with van der Waals surface area (Å²) < 4.78 is 0.821. The maximum Gasteiger partial charge on any atom is 0.257 e. The number of nitrogens with zero attached hydrogens (tertiary/aromatic N) is 3. The molecule has 0 radical (unpaired) electrons. The van der Waals surface area contributed by atoms with Crippen molar-refractivity contribution < 1.29 is 4.79 Å². The Morgan fingerprint density at radius 1 is 1.42 bits per heavy atom. The normalized spacial score (nSPS) is 16.5. The summed E-state index contributed by atoms with van der Waals surface area (Å²) in [7, 11) is 1.78. The van der Waals surface area contributed by atoms with Crippen LogP contribution in [0.25, 0.3) is 0 Å². The van der Waals surface area contributed by atoms with E-state index in [1.807, 2.05) is 11.0 Å². The number of likely N-dealkylation sites (N-methyl/N-ethyl adjacent to an activating group) is 1. The van der Waals surface area contributed by atoms with Crippen molar-refractivity contribution in [3.05, 3.63) is 22.3 Å². The summed E-state index contributed by atoms with van der Waals surface area (Å²) in [5.74, 6) is 0.681.